The summed E-state index contributed by atoms with van der Waals surface area (Å²) in [5.41, 5.74) is 3.59. The van der Waals surface area contributed by atoms with Crippen molar-refractivity contribution in [3.05, 3.63) is 72.1 Å². The fourth-order valence-electron chi connectivity index (χ4n) is 3.65. The molecular weight excluding hydrogens is 364 g/mol. The van der Waals surface area contributed by atoms with Crippen LogP contribution in [0.25, 0.3) is 0 Å². The molecule has 3 aromatic rings. The summed E-state index contributed by atoms with van der Waals surface area (Å²) in [6, 6.07) is 15.7. The van der Waals surface area contributed by atoms with Gasteiger partial charge in [0.1, 0.15) is 5.75 Å². The predicted octanol–water partition coefficient (Wildman–Crippen LogP) is 4.18. The number of carbonyl (C=O) groups excluding carboxylic acids is 1. The number of hydrogen-bond acceptors (Lipinski definition) is 4. The minimum atomic E-state index is -0.129. The third-order valence-electron chi connectivity index (χ3n) is 5.22. The summed E-state index contributed by atoms with van der Waals surface area (Å²) < 4.78 is 7.05. The van der Waals surface area contributed by atoms with E-state index < -0.39 is 0 Å². The maximum atomic E-state index is 12.6. The van der Waals surface area contributed by atoms with Gasteiger partial charge < -0.3 is 15.0 Å². The van der Waals surface area contributed by atoms with Gasteiger partial charge in [-0.1, -0.05) is 12.1 Å². The van der Waals surface area contributed by atoms with Gasteiger partial charge in [-0.3, -0.25) is 9.48 Å². The van der Waals surface area contributed by atoms with E-state index in [4.69, 9.17) is 4.74 Å². The fraction of sp³-hybridized carbons (Fsp3) is 0.304. The molecule has 0 unspecified atom stereocenters. The van der Waals surface area contributed by atoms with Crippen LogP contribution < -0.4 is 15.0 Å². The van der Waals surface area contributed by atoms with Gasteiger partial charge in [0.05, 0.1) is 25.5 Å². The largest absolute Gasteiger partial charge is 0.497 e. The molecule has 6 nitrogen and oxygen atoms in total. The maximum absolute atomic E-state index is 12.6. The number of piperidine rings is 1. The van der Waals surface area contributed by atoms with Crippen molar-refractivity contribution in [1.82, 2.24) is 9.78 Å². The van der Waals surface area contributed by atoms with Gasteiger partial charge in [-0.15, -0.1) is 0 Å². The Morgan fingerprint density at radius 1 is 1.10 bits per heavy atom. The first-order valence-corrected chi connectivity index (χ1v) is 10.0. The van der Waals surface area contributed by atoms with E-state index in [1.54, 1.807) is 18.0 Å². The van der Waals surface area contributed by atoms with Gasteiger partial charge >= 0.3 is 0 Å². The quantitative estimate of drug-likeness (QED) is 0.686. The Hall–Kier alpha value is -3.28. The van der Waals surface area contributed by atoms with Crippen LogP contribution >= 0.6 is 0 Å². The molecule has 1 amide bonds. The molecule has 1 saturated heterocycles. The highest BCUT2D eigenvalue weighted by atomic mass is 16.5. The van der Waals surface area contributed by atoms with Gasteiger partial charge in [-0.2, -0.15) is 5.10 Å². The van der Waals surface area contributed by atoms with Crippen LogP contribution in [0.4, 0.5) is 11.4 Å². The smallest absolute Gasteiger partial charge is 0.255 e. The number of ether oxygens (including phenoxy) is 1. The Balaban J connectivity index is 1.37. The zero-order valence-electron chi connectivity index (χ0n) is 16.7. The van der Waals surface area contributed by atoms with Crippen molar-refractivity contribution in [2.24, 2.45) is 0 Å². The number of anilines is 2. The zero-order chi connectivity index (χ0) is 20.1. The van der Waals surface area contributed by atoms with Gasteiger partial charge in [-0.25, -0.2) is 0 Å². The Kier molecular flexibility index (Phi) is 5.79. The van der Waals surface area contributed by atoms with Gasteiger partial charge in [0.15, 0.2) is 0 Å². The lowest BCUT2D eigenvalue weighted by Gasteiger charge is -2.28. The molecule has 0 spiro atoms. The molecule has 1 aromatic heterocycles. The average Bonchev–Trinajstić information content (AvgIpc) is 3.21. The van der Waals surface area contributed by atoms with Crippen molar-refractivity contribution in [2.75, 3.05) is 30.4 Å². The minimum Gasteiger partial charge on any atom is -0.497 e. The van der Waals surface area contributed by atoms with E-state index in [2.05, 4.69) is 15.3 Å². The topological polar surface area (TPSA) is 59.4 Å². The first-order valence-electron chi connectivity index (χ1n) is 10.0. The van der Waals surface area contributed by atoms with Crippen LogP contribution in [-0.4, -0.2) is 35.9 Å². The molecule has 29 heavy (non-hydrogen) atoms. The third-order valence-corrected chi connectivity index (χ3v) is 5.22. The lowest BCUT2D eigenvalue weighted by atomic mass is 10.1. The van der Waals surface area contributed by atoms with E-state index >= 15 is 0 Å². The van der Waals surface area contributed by atoms with Gasteiger partial charge in [0.25, 0.3) is 5.91 Å². The normalized spacial score (nSPS) is 13.9. The number of nitrogens with zero attached hydrogens (tertiary/aromatic N) is 3. The number of benzene rings is 2. The van der Waals surface area contributed by atoms with E-state index in [9.17, 15) is 4.79 Å². The number of nitrogens with one attached hydrogen (secondary N) is 1. The van der Waals surface area contributed by atoms with Gasteiger partial charge in [0.2, 0.25) is 0 Å². The summed E-state index contributed by atoms with van der Waals surface area (Å²) in [6.45, 7) is 2.80. The standard InChI is InChI=1S/C23H26N4O2/c1-29-22-7-5-6-18(14-22)16-27-17-20(15-24-27)25-23(28)19-8-10-21(11-9-19)26-12-3-2-4-13-26/h5-11,14-15,17H,2-4,12-13,16H2,1H3,(H,25,28). The first kappa shape index (κ1) is 19.1. The van der Waals surface area contributed by atoms with Crippen LogP contribution in [0, 0.1) is 0 Å². The molecule has 2 heterocycles. The third kappa shape index (κ3) is 4.77. The Morgan fingerprint density at radius 2 is 1.90 bits per heavy atom. The highest BCUT2D eigenvalue weighted by Crippen LogP contribution is 2.21. The predicted molar refractivity (Wildman–Crippen MR) is 115 cm³/mol. The van der Waals surface area contributed by atoms with Crippen molar-refractivity contribution in [1.29, 1.82) is 0 Å². The molecule has 1 aliphatic rings. The number of amides is 1. The van der Waals surface area contributed by atoms with Crippen molar-refractivity contribution in [3.8, 4) is 5.75 Å². The monoisotopic (exact) mass is 390 g/mol. The molecule has 1 N–H and O–H groups in total. The number of aromatic nitrogens is 2. The Labute approximate surface area is 171 Å². The van der Waals surface area contributed by atoms with E-state index in [1.165, 1.54) is 24.9 Å². The SMILES string of the molecule is COc1cccc(Cn2cc(NC(=O)c3ccc(N4CCCCC4)cc3)cn2)c1. The fourth-order valence-corrected chi connectivity index (χ4v) is 3.65. The summed E-state index contributed by atoms with van der Waals surface area (Å²) in [7, 11) is 1.65. The molecule has 2 aromatic carbocycles. The summed E-state index contributed by atoms with van der Waals surface area (Å²) in [5, 5.41) is 7.27. The average molecular weight is 390 g/mol. The summed E-state index contributed by atoms with van der Waals surface area (Å²) in [4.78, 5) is 15.0. The first-order chi connectivity index (χ1) is 14.2. The van der Waals surface area contributed by atoms with E-state index in [1.807, 2.05) is 54.7 Å². The van der Waals surface area contributed by atoms with E-state index in [0.29, 0.717) is 17.8 Å². The van der Waals surface area contributed by atoms with Crippen LogP contribution in [0.1, 0.15) is 35.2 Å². The highest BCUT2D eigenvalue weighted by Gasteiger charge is 2.12. The second kappa shape index (κ2) is 8.82. The highest BCUT2D eigenvalue weighted by molar-refractivity contribution is 6.04. The number of rotatable bonds is 6. The molecule has 6 heteroatoms. The van der Waals surface area contributed by atoms with Crippen LogP contribution in [0.15, 0.2) is 60.9 Å². The molecular formula is C23H26N4O2. The second-order valence-corrected chi connectivity index (χ2v) is 7.33. The molecule has 4 rings (SSSR count). The maximum Gasteiger partial charge on any atom is 0.255 e. The zero-order valence-corrected chi connectivity index (χ0v) is 16.7. The molecule has 0 radical (unpaired) electrons. The van der Waals surface area contributed by atoms with Crippen molar-refractivity contribution in [2.45, 2.75) is 25.8 Å². The van der Waals surface area contributed by atoms with Crippen molar-refractivity contribution < 1.29 is 9.53 Å². The van der Waals surface area contributed by atoms with Crippen molar-refractivity contribution >= 4 is 17.3 Å². The molecule has 0 saturated carbocycles. The molecule has 0 atom stereocenters. The lowest BCUT2D eigenvalue weighted by molar-refractivity contribution is 0.102. The summed E-state index contributed by atoms with van der Waals surface area (Å²) in [5.74, 6) is 0.687. The van der Waals surface area contributed by atoms with Crippen LogP contribution in [-0.2, 0) is 6.54 Å². The van der Waals surface area contributed by atoms with Gasteiger partial charge in [0, 0.05) is 30.5 Å². The van der Waals surface area contributed by atoms with Gasteiger partial charge in [-0.05, 0) is 61.2 Å². The molecule has 150 valence electrons. The Morgan fingerprint density at radius 3 is 2.66 bits per heavy atom. The molecule has 0 bridgehead atoms. The second-order valence-electron chi connectivity index (χ2n) is 7.33. The molecule has 1 fully saturated rings. The van der Waals surface area contributed by atoms with E-state index in [0.717, 1.165) is 24.4 Å². The molecule has 0 aliphatic carbocycles. The molecule has 1 aliphatic heterocycles. The van der Waals surface area contributed by atoms with E-state index in [-0.39, 0.29) is 5.91 Å². The lowest BCUT2D eigenvalue weighted by Crippen LogP contribution is -2.29. The minimum absolute atomic E-state index is 0.129. The number of methoxy groups -OCH3 is 1. The number of hydrogen-bond donors (Lipinski definition) is 1. The van der Waals surface area contributed by atoms with Crippen LogP contribution in [0.5, 0.6) is 5.75 Å². The van der Waals surface area contributed by atoms with Crippen LogP contribution in [0.3, 0.4) is 0 Å². The van der Waals surface area contributed by atoms with Crippen molar-refractivity contribution in [3.63, 3.8) is 0 Å². The summed E-state index contributed by atoms with van der Waals surface area (Å²) in [6.07, 6.45) is 7.28. The van der Waals surface area contributed by atoms with Crippen LogP contribution in [0.2, 0.25) is 0 Å². The summed E-state index contributed by atoms with van der Waals surface area (Å²) >= 11 is 0. The Bertz CT molecular complexity index is 959. The number of carbonyl (C=O) groups is 1.